The van der Waals surface area contributed by atoms with E-state index in [1.54, 1.807) is 4.52 Å². The first-order valence-electron chi connectivity index (χ1n) is 11.6. The number of nitrogens with one attached hydrogen (secondary N) is 2. The number of aryl methyl sites for hydroxylation is 1. The van der Waals surface area contributed by atoms with Crippen LogP contribution in [0.4, 0.5) is 5.95 Å². The SMILES string of the molecule is Cc1nccn1-c1ccccc1CNc1nc(O[C@@H]2CCCNC2)nc2c(C(C)C)cnn12. The molecule has 5 rings (SSSR count). The minimum Gasteiger partial charge on any atom is -0.459 e. The van der Waals surface area contributed by atoms with Gasteiger partial charge < -0.3 is 19.9 Å². The minimum atomic E-state index is 0.0735. The summed E-state index contributed by atoms with van der Waals surface area (Å²) in [5.74, 6) is 1.85. The van der Waals surface area contributed by atoms with Gasteiger partial charge in [0.05, 0.1) is 11.9 Å². The van der Waals surface area contributed by atoms with Gasteiger partial charge in [-0.1, -0.05) is 32.0 Å². The summed E-state index contributed by atoms with van der Waals surface area (Å²) in [6.45, 7) is 8.69. The van der Waals surface area contributed by atoms with Crippen LogP contribution in [-0.2, 0) is 6.54 Å². The molecule has 0 unspecified atom stereocenters. The van der Waals surface area contributed by atoms with Crippen molar-refractivity contribution in [2.24, 2.45) is 0 Å². The van der Waals surface area contributed by atoms with Gasteiger partial charge in [-0.2, -0.15) is 19.6 Å². The van der Waals surface area contributed by atoms with E-state index in [0.29, 0.717) is 24.4 Å². The van der Waals surface area contributed by atoms with Crippen molar-refractivity contribution in [3.8, 4) is 11.7 Å². The van der Waals surface area contributed by atoms with Gasteiger partial charge in [-0.3, -0.25) is 0 Å². The van der Waals surface area contributed by atoms with Crippen molar-refractivity contribution < 1.29 is 4.74 Å². The van der Waals surface area contributed by atoms with Gasteiger partial charge in [-0.15, -0.1) is 0 Å². The summed E-state index contributed by atoms with van der Waals surface area (Å²) in [7, 11) is 0. The smallest absolute Gasteiger partial charge is 0.322 e. The van der Waals surface area contributed by atoms with Crippen LogP contribution in [0.2, 0.25) is 0 Å². The number of para-hydroxylation sites is 1. The van der Waals surface area contributed by atoms with Crippen LogP contribution in [0.15, 0.2) is 42.9 Å². The molecule has 1 saturated heterocycles. The Balaban J connectivity index is 1.47. The number of imidazole rings is 1. The maximum atomic E-state index is 6.18. The molecule has 2 N–H and O–H groups in total. The maximum Gasteiger partial charge on any atom is 0.322 e. The van der Waals surface area contributed by atoms with Gasteiger partial charge >= 0.3 is 6.01 Å². The zero-order valence-corrected chi connectivity index (χ0v) is 19.3. The Morgan fingerprint density at radius 3 is 2.88 bits per heavy atom. The first kappa shape index (κ1) is 21.4. The van der Waals surface area contributed by atoms with Crippen molar-refractivity contribution in [1.82, 2.24) is 34.4 Å². The molecule has 1 fully saturated rings. The molecule has 0 spiro atoms. The number of rotatable bonds is 7. The second-order valence-corrected chi connectivity index (χ2v) is 8.73. The molecule has 0 aliphatic carbocycles. The van der Waals surface area contributed by atoms with E-state index in [4.69, 9.17) is 14.7 Å². The summed E-state index contributed by atoms with van der Waals surface area (Å²) < 4.78 is 10.0. The molecule has 1 aliphatic rings. The van der Waals surface area contributed by atoms with Crippen LogP contribution in [0.1, 0.15) is 49.6 Å². The maximum absolute atomic E-state index is 6.18. The average Bonchev–Trinajstić information content (AvgIpc) is 3.44. The van der Waals surface area contributed by atoms with Crippen LogP contribution < -0.4 is 15.4 Å². The molecule has 3 aromatic heterocycles. The second-order valence-electron chi connectivity index (χ2n) is 8.73. The fourth-order valence-electron chi connectivity index (χ4n) is 4.22. The predicted molar refractivity (Wildman–Crippen MR) is 127 cm³/mol. The number of nitrogens with zero attached hydrogens (tertiary/aromatic N) is 6. The number of fused-ring (bicyclic) bond motifs is 1. The highest BCUT2D eigenvalue weighted by Gasteiger charge is 2.20. The number of ether oxygens (including phenoxy) is 1. The third kappa shape index (κ3) is 4.41. The number of benzene rings is 1. The lowest BCUT2D eigenvalue weighted by Gasteiger charge is -2.23. The van der Waals surface area contributed by atoms with E-state index in [2.05, 4.69) is 51.3 Å². The van der Waals surface area contributed by atoms with E-state index in [0.717, 1.165) is 54.2 Å². The molecule has 0 radical (unpaired) electrons. The van der Waals surface area contributed by atoms with Crippen molar-refractivity contribution in [2.45, 2.75) is 52.2 Å². The highest BCUT2D eigenvalue weighted by Crippen LogP contribution is 2.24. The molecule has 0 amide bonds. The molecule has 0 saturated carbocycles. The van der Waals surface area contributed by atoms with E-state index >= 15 is 0 Å². The molecule has 4 aromatic rings. The summed E-state index contributed by atoms with van der Waals surface area (Å²) in [5.41, 5.74) is 4.06. The monoisotopic (exact) mass is 446 g/mol. The summed E-state index contributed by atoms with van der Waals surface area (Å²) >= 11 is 0. The number of aromatic nitrogens is 6. The highest BCUT2D eigenvalue weighted by molar-refractivity contribution is 5.53. The Hall–Kier alpha value is -3.46. The highest BCUT2D eigenvalue weighted by atomic mass is 16.5. The molecule has 1 atom stereocenters. The van der Waals surface area contributed by atoms with Crippen molar-refractivity contribution in [3.63, 3.8) is 0 Å². The molecule has 1 aromatic carbocycles. The summed E-state index contributed by atoms with van der Waals surface area (Å²) in [4.78, 5) is 13.8. The normalized spacial score (nSPS) is 16.4. The topological polar surface area (TPSA) is 94.2 Å². The number of hydrogen-bond acceptors (Lipinski definition) is 7. The average molecular weight is 447 g/mol. The van der Waals surface area contributed by atoms with Crippen LogP contribution in [-0.4, -0.2) is 48.3 Å². The molecule has 0 bridgehead atoms. The van der Waals surface area contributed by atoms with E-state index in [-0.39, 0.29) is 6.10 Å². The van der Waals surface area contributed by atoms with Crippen LogP contribution in [0.3, 0.4) is 0 Å². The Morgan fingerprint density at radius 2 is 2.12 bits per heavy atom. The Bertz CT molecular complexity index is 1240. The van der Waals surface area contributed by atoms with E-state index in [1.165, 1.54) is 0 Å². The number of hydrogen-bond donors (Lipinski definition) is 2. The molecular formula is C24H30N8O. The molecule has 9 heteroatoms. The van der Waals surface area contributed by atoms with Crippen LogP contribution in [0, 0.1) is 6.92 Å². The summed E-state index contributed by atoms with van der Waals surface area (Å²) in [6, 6.07) is 8.66. The van der Waals surface area contributed by atoms with Gasteiger partial charge in [0, 0.05) is 31.0 Å². The minimum absolute atomic E-state index is 0.0735. The first-order valence-corrected chi connectivity index (χ1v) is 11.6. The van der Waals surface area contributed by atoms with Gasteiger partial charge in [0.25, 0.3) is 0 Å². The zero-order chi connectivity index (χ0) is 22.8. The van der Waals surface area contributed by atoms with Crippen molar-refractivity contribution in [1.29, 1.82) is 0 Å². The molecule has 9 nitrogen and oxygen atoms in total. The summed E-state index contributed by atoms with van der Waals surface area (Å²) in [6.07, 6.45) is 7.82. The van der Waals surface area contributed by atoms with Gasteiger partial charge in [-0.05, 0) is 43.9 Å². The molecule has 4 heterocycles. The Morgan fingerprint density at radius 1 is 1.24 bits per heavy atom. The van der Waals surface area contributed by atoms with Crippen molar-refractivity contribution >= 4 is 11.6 Å². The lowest BCUT2D eigenvalue weighted by atomic mass is 10.1. The van der Waals surface area contributed by atoms with Gasteiger partial charge in [0.15, 0.2) is 5.65 Å². The van der Waals surface area contributed by atoms with Crippen LogP contribution in [0.25, 0.3) is 11.3 Å². The largest absolute Gasteiger partial charge is 0.459 e. The number of anilines is 1. The van der Waals surface area contributed by atoms with Gasteiger partial charge in [-0.25, -0.2) is 4.98 Å². The zero-order valence-electron chi connectivity index (χ0n) is 19.3. The molecule has 1 aliphatic heterocycles. The molecular weight excluding hydrogens is 416 g/mol. The standard InChI is InChI=1S/C24H30N8O/c1-16(2)20-15-28-32-22(20)29-24(33-19-8-6-10-25-14-19)30-23(32)27-13-18-7-4-5-9-21(18)31-12-11-26-17(31)3/h4-5,7,9,11-12,15-16,19,25H,6,8,10,13-14H2,1-3H3,(H,27,29,30)/t19-/m1/s1. The lowest BCUT2D eigenvalue weighted by Crippen LogP contribution is -2.37. The fourth-order valence-corrected chi connectivity index (χ4v) is 4.22. The molecule has 172 valence electrons. The predicted octanol–water partition coefficient (Wildman–Crippen LogP) is 3.48. The van der Waals surface area contributed by atoms with Crippen LogP contribution >= 0.6 is 0 Å². The third-order valence-electron chi connectivity index (χ3n) is 6.03. The second kappa shape index (κ2) is 9.19. The van der Waals surface area contributed by atoms with Crippen LogP contribution in [0.5, 0.6) is 6.01 Å². The molecule has 33 heavy (non-hydrogen) atoms. The Kier molecular flexibility index (Phi) is 5.95. The van der Waals surface area contributed by atoms with E-state index in [9.17, 15) is 0 Å². The van der Waals surface area contributed by atoms with E-state index in [1.807, 2.05) is 37.6 Å². The third-order valence-corrected chi connectivity index (χ3v) is 6.03. The van der Waals surface area contributed by atoms with Crippen molar-refractivity contribution in [2.75, 3.05) is 18.4 Å². The van der Waals surface area contributed by atoms with Crippen molar-refractivity contribution in [3.05, 3.63) is 59.8 Å². The lowest BCUT2D eigenvalue weighted by molar-refractivity contribution is 0.153. The van der Waals surface area contributed by atoms with E-state index < -0.39 is 0 Å². The van der Waals surface area contributed by atoms with Gasteiger partial charge in [0.2, 0.25) is 5.95 Å². The van der Waals surface area contributed by atoms with Gasteiger partial charge in [0.1, 0.15) is 11.9 Å². The summed E-state index contributed by atoms with van der Waals surface area (Å²) in [5, 5.41) is 11.4. The number of piperidine rings is 1. The Labute approximate surface area is 193 Å². The fraction of sp³-hybridized carbons (Fsp3) is 0.417. The first-order chi connectivity index (χ1) is 16.1. The quantitative estimate of drug-likeness (QED) is 0.449.